The third kappa shape index (κ3) is 4.58. The molecule has 0 amide bonds. The average Bonchev–Trinajstić information content (AvgIpc) is 2.97. The molecule has 2 aromatic carbocycles. The maximum absolute atomic E-state index is 14.1. The van der Waals surface area contributed by atoms with Crippen molar-refractivity contribution in [2.75, 3.05) is 18.6 Å². The van der Waals surface area contributed by atoms with Gasteiger partial charge in [0.15, 0.2) is 9.84 Å². The summed E-state index contributed by atoms with van der Waals surface area (Å²) in [4.78, 5) is 2.06. The highest BCUT2D eigenvalue weighted by atomic mass is 32.2. The number of benzene rings is 2. The zero-order chi connectivity index (χ0) is 17.9. The molecule has 25 heavy (non-hydrogen) atoms. The van der Waals surface area contributed by atoms with Crippen molar-refractivity contribution < 1.29 is 17.5 Å². The molecule has 0 aliphatic carbocycles. The molecule has 0 unspecified atom stereocenters. The topological polar surface area (TPSA) is 46.6 Å². The number of rotatable bonds is 6. The molecule has 0 radical (unpaired) electrons. The molecule has 1 aliphatic rings. The molecule has 0 N–H and O–H groups in total. The van der Waals surface area contributed by atoms with E-state index in [1.807, 2.05) is 24.3 Å². The van der Waals surface area contributed by atoms with Crippen LogP contribution in [0.2, 0.25) is 0 Å². The zero-order valence-corrected chi connectivity index (χ0v) is 15.0. The van der Waals surface area contributed by atoms with E-state index in [-0.39, 0.29) is 23.4 Å². The number of hydrogen-bond acceptors (Lipinski definition) is 4. The van der Waals surface area contributed by atoms with Crippen LogP contribution in [0.3, 0.4) is 0 Å². The standard InChI is InChI=1S/C19H22FNO3S/c1-24-18-8-6-15(7-9-18)12-21(17-10-11-25(22,23)14-17)13-16-4-2-3-5-19(16)20/h2-9,17H,10-14H2,1H3/t17-/m0/s1. The summed E-state index contributed by atoms with van der Waals surface area (Å²) < 4.78 is 43.0. The van der Waals surface area contributed by atoms with E-state index in [1.54, 1.807) is 25.3 Å². The van der Waals surface area contributed by atoms with Crippen molar-refractivity contribution in [3.05, 3.63) is 65.5 Å². The average molecular weight is 363 g/mol. The van der Waals surface area contributed by atoms with Crippen molar-refractivity contribution in [2.24, 2.45) is 0 Å². The van der Waals surface area contributed by atoms with Gasteiger partial charge in [0.25, 0.3) is 0 Å². The minimum absolute atomic E-state index is 0.0910. The third-order valence-corrected chi connectivity index (χ3v) is 6.35. The molecule has 0 aromatic heterocycles. The predicted molar refractivity (Wildman–Crippen MR) is 95.7 cm³/mol. The van der Waals surface area contributed by atoms with Crippen LogP contribution >= 0.6 is 0 Å². The Balaban J connectivity index is 1.82. The van der Waals surface area contributed by atoms with Gasteiger partial charge in [-0.05, 0) is 30.2 Å². The zero-order valence-electron chi connectivity index (χ0n) is 14.2. The van der Waals surface area contributed by atoms with Crippen LogP contribution in [0.25, 0.3) is 0 Å². The first-order valence-electron chi connectivity index (χ1n) is 8.28. The molecule has 4 nitrogen and oxygen atoms in total. The van der Waals surface area contributed by atoms with Crippen LogP contribution in [0.4, 0.5) is 4.39 Å². The van der Waals surface area contributed by atoms with Crippen molar-refractivity contribution in [1.82, 2.24) is 4.90 Å². The maximum Gasteiger partial charge on any atom is 0.151 e. The van der Waals surface area contributed by atoms with Crippen LogP contribution in [-0.2, 0) is 22.9 Å². The summed E-state index contributed by atoms with van der Waals surface area (Å²) in [6.45, 7) is 0.956. The van der Waals surface area contributed by atoms with Gasteiger partial charge in [-0.2, -0.15) is 0 Å². The van der Waals surface area contributed by atoms with Gasteiger partial charge in [-0.25, -0.2) is 12.8 Å². The molecule has 0 saturated carbocycles. The van der Waals surface area contributed by atoms with Gasteiger partial charge < -0.3 is 4.74 Å². The summed E-state index contributed by atoms with van der Waals surface area (Å²) in [5.74, 6) is 0.849. The van der Waals surface area contributed by atoms with Crippen molar-refractivity contribution in [3.8, 4) is 5.75 Å². The van der Waals surface area contributed by atoms with Crippen molar-refractivity contribution in [3.63, 3.8) is 0 Å². The lowest BCUT2D eigenvalue weighted by Crippen LogP contribution is -2.35. The molecule has 2 aromatic rings. The Morgan fingerprint density at radius 2 is 1.84 bits per heavy atom. The summed E-state index contributed by atoms with van der Waals surface area (Å²) >= 11 is 0. The van der Waals surface area contributed by atoms with Gasteiger partial charge in [0.2, 0.25) is 0 Å². The molecule has 0 spiro atoms. The fourth-order valence-corrected chi connectivity index (χ4v) is 4.95. The highest BCUT2D eigenvalue weighted by Gasteiger charge is 2.32. The van der Waals surface area contributed by atoms with Crippen molar-refractivity contribution >= 4 is 9.84 Å². The fraction of sp³-hybridized carbons (Fsp3) is 0.368. The second-order valence-corrected chi connectivity index (χ2v) is 8.63. The van der Waals surface area contributed by atoms with E-state index in [9.17, 15) is 12.8 Å². The number of hydrogen-bond donors (Lipinski definition) is 0. The summed E-state index contributed by atoms with van der Waals surface area (Å²) in [7, 11) is -1.39. The van der Waals surface area contributed by atoms with Gasteiger partial charge in [0.05, 0.1) is 18.6 Å². The van der Waals surface area contributed by atoms with E-state index in [0.29, 0.717) is 25.1 Å². The number of ether oxygens (including phenoxy) is 1. The summed E-state index contributed by atoms with van der Waals surface area (Å²) in [5.41, 5.74) is 1.63. The monoisotopic (exact) mass is 363 g/mol. The fourth-order valence-electron chi connectivity index (χ4n) is 3.19. The first kappa shape index (κ1) is 17.9. The Hall–Kier alpha value is -1.92. The molecule has 0 bridgehead atoms. The van der Waals surface area contributed by atoms with Crippen LogP contribution in [0.15, 0.2) is 48.5 Å². The van der Waals surface area contributed by atoms with E-state index < -0.39 is 9.84 Å². The van der Waals surface area contributed by atoms with Crippen LogP contribution in [0, 0.1) is 5.82 Å². The van der Waals surface area contributed by atoms with E-state index in [2.05, 4.69) is 4.90 Å². The van der Waals surface area contributed by atoms with Gasteiger partial charge in [0.1, 0.15) is 11.6 Å². The number of sulfone groups is 1. The molecule has 1 heterocycles. The van der Waals surface area contributed by atoms with E-state index in [1.165, 1.54) is 6.07 Å². The molecule has 1 aliphatic heterocycles. The molecular formula is C19H22FNO3S. The molecule has 134 valence electrons. The van der Waals surface area contributed by atoms with Crippen molar-refractivity contribution in [2.45, 2.75) is 25.6 Å². The second-order valence-electron chi connectivity index (χ2n) is 6.40. The largest absolute Gasteiger partial charge is 0.497 e. The predicted octanol–water partition coefficient (Wildman–Crippen LogP) is 3.02. The quantitative estimate of drug-likeness (QED) is 0.791. The molecule has 1 fully saturated rings. The number of nitrogens with zero attached hydrogens (tertiary/aromatic N) is 1. The Morgan fingerprint density at radius 1 is 1.12 bits per heavy atom. The summed E-state index contributed by atoms with van der Waals surface area (Å²) in [5, 5.41) is 0. The van der Waals surface area contributed by atoms with Gasteiger partial charge >= 0.3 is 0 Å². The summed E-state index contributed by atoms with van der Waals surface area (Å²) in [6, 6.07) is 14.2. The van der Waals surface area contributed by atoms with E-state index in [0.717, 1.165) is 11.3 Å². The van der Waals surface area contributed by atoms with Crippen LogP contribution < -0.4 is 4.74 Å². The smallest absolute Gasteiger partial charge is 0.151 e. The summed E-state index contributed by atoms with van der Waals surface area (Å²) in [6.07, 6.45) is 0.590. The Kier molecular flexibility index (Phi) is 5.39. The van der Waals surface area contributed by atoms with Gasteiger partial charge in [-0.15, -0.1) is 0 Å². The lowest BCUT2D eigenvalue weighted by Gasteiger charge is -2.28. The van der Waals surface area contributed by atoms with Gasteiger partial charge in [-0.3, -0.25) is 4.90 Å². The Labute approximate surface area is 148 Å². The molecule has 6 heteroatoms. The van der Waals surface area contributed by atoms with Crippen LogP contribution in [0.1, 0.15) is 17.5 Å². The maximum atomic E-state index is 14.1. The molecule has 1 atom stereocenters. The lowest BCUT2D eigenvalue weighted by molar-refractivity contribution is 0.192. The SMILES string of the molecule is COc1ccc(CN(Cc2ccccc2F)[C@H]2CCS(=O)(=O)C2)cc1. The first-order chi connectivity index (χ1) is 12.0. The first-order valence-corrected chi connectivity index (χ1v) is 10.1. The Bertz CT molecular complexity index is 821. The van der Waals surface area contributed by atoms with Crippen LogP contribution in [0.5, 0.6) is 5.75 Å². The highest BCUT2D eigenvalue weighted by molar-refractivity contribution is 7.91. The molecule has 3 rings (SSSR count). The minimum Gasteiger partial charge on any atom is -0.497 e. The number of methoxy groups -OCH3 is 1. The Morgan fingerprint density at radius 3 is 2.44 bits per heavy atom. The molecular weight excluding hydrogens is 341 g/mol. The third-order valence-electron chi connectivity index (χ3n) is 4.60. The van der Waals surface area contributed by atoms with E-state index in [4.69, 9.17) is 4.74 Å². The number of halogens is 1. The minimum atomic E-state index is -3.00. The van der Waals surface area contributed by atoms with Gasteiger partial charge in [0, 0.05) is 24.7 Å². The highest BCUT2D eigenvalue weighted by Crippen LogP contribution is 2.24. The van der Waals surface area contributed by atoms with Crippen LogP contribution in [-0.4, -0.2) is 38.0 Å². The lowest BCUT2D eigenvalue weighted by atomic mass is 10.1. The van der Waals surface area contributed by atoms with Gasteiger partial charge in [-0.1, -0.05) is 30.3 Å². The van der Waals surface area contributed by atoms with Crippen molar-refractivity contribution in [1.29, 1.82) is 0 Å². The van der Waals surface area contributed by atoms with E-state index >= 15 is 0 Å². The molecule has 1 saturated heterocycles. The second kappa shape index (κ2) is 7.54. The normalized spacial score (nSPS) is 19.2.